The second-order valence-corrected chi connectivity index (χ2v) is 1.76. The van der Waals surface area contributed by atoms with Gasteiger partial charge in [0, 0.05) is 6.54 Å². The molecule has 0 aliphatic heterocycles. The molecule has 0 aliphatic rings. The number of aliphatic hydroxyl groups is 1. The van der Waals surface area contributed by atoms with Crippen molar-refractivity contribution in [2.24, 2.45) is 5.29 Å². The molecule has 0 saturated heterocycles. The lowest BCUT2D eigenvalue weighted by Crippen LogP contribution is -2.37. The Morgan fingerprint density at radius 3 is 2.73 bits per heavy atom. The van der Waals surface area contributed by atoms with Crippen LogP contribution in [0.5, 0.6) is 0 Å². The van der Waals surface area contributed by atoms with Crippen molar-refractivity contribution in [1.29, 1.82) is 0 Å². The number of nitrogens with one attached hydrogen (secondary N) is 1. The van der Waals surface area contributed by atoms with E-state index in [4.69, 9.17) is 5.11 Å². The van der Waals surface area contributed by atoms with E-state index >= 15 is 0 Å². The SMILES string of the molecule is CCNC(=O)N(CCO)N=O. The van der Waals surface area contributed by atoms with E-state index in [1.165, 1.54) is 0 Å². The molecule has 6 heteroatoms. The van der Waals surface area contributed by atoms with E-state index in [1.807, 2.05) is 0 Å². The standard InChI is InChI=1S/C5H11N3O3/c1-2-6-5(10)8(7-11)3-4-9/h9H,2-4H2,1H3,(H,6,10). The number of nitroso groups, excluding NO2 is 1. The Labute approximate surface area is 64.1 Å². The largest absolute Gasteiger partial charge is 0.394 e. The minimum atomic E-state index is -0.587. The summed E-state index contributed by atoms with van der Waals surface area (Å²) in [6, 6.07) is -0.587. The number of rotatable bonds is 4. The highest BCUT2D eigenvalue weighted by atomic mass is 16.3. The molecule has 0 radical (unpaired) electrons. The fourth-order valence-corrected chi connectivity index (χ4v) is 0.517. The molecule has 0 spiro atoms. The number of urea groups is 1. The number of carbonyl (C=O) groups excluding carboxylic acids is 1. The topological polar surface area (TPSA) is 82.0 Å². The van der Waals surface area contributed by atoms with E-state index in [0.29, 0.717) is 11.6 Å². The zero-order valence-electron chi connectivity index (χ0n) is 6.28. The molecule has 0 aromatic rings. The maximum absolute atomic E-state index is 10.8. The van der Waals surface area contributed by atoms with Gasteiger partial charge in [-0.25, -0.2) is 4.79 Å². The van der Waals surface area contributed by atoms with Gasteiger partial charge in [-0.05, 0) is 6.92 Å². The van der Waals surface area contributed by atoms with Crippen molar-refractivity contribution >= 4 is 6.03 Å². The van der Waals surface area contributed by atoms with Crippen LogP contribution < -0.4 is 5.32 Å². The average molecular weight is 161 g/mol. The summed E-state index contributed by atoms with van der Waals surface area (Å²) >= 11 is 0. The highest BCUT2D eigenvalue weighted by Gasteiger charge is 2.10. The molecule has 0 bridgehead atoms. The third-order valence-electron chi connectivity index (χ3n) is 0.973. The Kier molecular flexibility index (Phi) is 5.01. The molecule has 11 heavy (non-hydrogen) atoms. The van der Waals surface area contributed by atoms with E-state index in [0.717, 1.165) is 0 Å². The van der Waals surface area contributed by atoms with Crippen molar-refractivity contribution in [3.63, 3.8) is 0 Å². The minimum absolute atomic E-state index is 0.0741. The predicted octanol–water partition coefficient (Wildman–Crippen LogP) is -0.308. The van der Waals surface area contributed by atoms with E-state index in [-0.39, 0.29) is 13.2 Å². The van der Waals surface area contributed by atoms with Crippen LogP contribution in [0.3, 0.4) is 0 Å². The van der Waals surface area contributed by atoms with Crippen LogP contribution >= 0.6 is 0 Å². The van der Waals surface area contributed by atoms with Crippen molar-refractivity contribution in [1.82, 2.24) is 10.3 Å². The summed E-state index contributed by atoms with van der Waals surface area (Å²) in [4.78, 5) is 20.7. The third-order valence-corrected chi connectivity index (χ3v) is 0.973. The van der Waals surface area contributed by atoms with Crippen molar-refractivity contribution in [2.45, 2.75) is 6.92 Å². The van der Waals surface area contributed by atoms with Gasteiger partial charge in [0.2, 0.25) is 0 Å². The number of hydrogen-bond donors (Lipinski definition) is 2. The lowest BCUT2D eigenvalue weighted by molar-refractivity contribution is 0.179. The van der Waals surface area contributed by atoms with Gasteiger partial charge < -0.3 is 10.4 Å². The summed E-state index contributed by atoms with van der Waals surface area (Å²) in [6.07, 6.45) is 0. The van der Waals surface area contributed by atoms with Gasteiger partial charge in [-0.1, -0.05) is 0 Å². The molecule has 0 aromatic carbocycles. The van der Waals surface area contributed by atoms with Crippen molar-refractivity contribution < 1.29 is 9.90 Å². The summed E-state index contributed by atoms with van der Waals surface area (Å²) in [5.74, 6) is 0. The van der Waals surface area contributed by atoms with Gasteiger partial charge in [-0.15, -0.1) is 4.91 Å². The van der Waals surface area contributed by atoms with Crippen LogP contribution in [-0.2, 0) is 0 Å². The van der Waals surface area contributed by atoms with Crippen LogP contribution in [0.2, 0.25) is 0 Å². The van der Waals surface area contributed by atoms with Gasteiger partial charge in [0.15, 0.2) is 0 Å². The smallest absolute Gasteiger partial charge is 0.340 e. The maximum Gasteiger partial charge on any atom is 0.340 e. The molecule has 0 aliphatic carbocycles. The molecular weight excluding hydrogens is 150 g/mol. The van der Waals surface area contributed by atoms with Crippen LogP contribution in [0.25, 0.3) is 0 Å². The van der Waals surface area contributed by atoms with Gasteiger partial charge in [-0.2, -0.15) is 5.01 Å². The van der Waals surface area contributed by atoms with Crippen LogP contribution in [0.1, 0.15) is 6.92 Å². The van der Waals surface area contributed by atoms with Crippen LogP contribution in [0.4, 0.5) is 4.79 Å². The predicted molar refractivity (Wildman–Crippen MR) is 38.7 cm³/mol. The Morgan fingerprint density at radius 2 is 2.36 bits per heavy atom. The normalized spacial score (nSPS) is 8.91. The Balaban J connectivity index is 3.81. The first-order chi connectivity index (χ1) is 5.26. The van der Waals surface area contributed by atoms with E-state index in [1.54, 1.807) is 6.92 Å². The highest BCUT2D eigenvalue weighted by molar-refractivity contribution is 5.73. The molecule has 0 heterocycles. The molecule has 0 rings (SSSR count). The summed E-state index contributed by atoms with van der Waals surface area (Å²) in [5.41, 5.74) is 0. The average Bonchev–Trinajstić information content (AvgIpc) is 2.00. The molecule has 0 unspecified atom stereocenters. The first-order valence-electron chi connectivity index (χ1n) is 3.25. The molecule has 64 valence electrons. The summed E-state index contributed by atoms with van der Waals surface area (Å²) in [6.45, 7) is 1.80. The molecule has 0 fully saturated rings. The summed E-state index contributed by atoms with van der Waals surface area (Å²) in [7, 11) is 0. The monoisotopic (exact) mass is 161 g/mol. The van der Waals surface area contributed by atoms with Gasteiger partial charge >= 0.3 is 6.03 Å². The Morgan fingerprint density at radius 1 is 1.73 bits per heavy atom. The van der Waals surface area contributed by atoms with Gasteiger partial charge in [0.05, 0.1) is 18.4 Å². The maximum atomic E-state index is 10.8. The number of aliphatic hydroxyl groups excluding tert-OH is 1. The number of carbonyl (C=O) groups is 1. The molecule has 2 N–H and O–H groups in total. The molecule has 0 aromatic heterocycles. The van der Waals surface area contributed by atoms with Gasteiger partial charge in [0.1, 0.15) is 0 Å². The summed E-state index contributed by atoms with van der Waals surface area (Å²) < 4.78 is 0. The Bertz CT molecular complexity index is 139. The second kappa shape index (κ2) is 5.60. The first-order valence-corrected chi connectivity index (χ1v) is 3.25. The highest BCUT2D eigenvalue weighted by Crippen LogP contribution is 1.87. The zero-order valence-corrected chi connectivity index (χ0v) is 6.28. The van der Waals surface area contributed by atoms with Crippen molar-refractivity contribution in [2.75, 3.05) is 19.7 Å². The third kappa shape index (κ3) is 3.51. The van der Waals surface area contributed by atoms with Crippen LogP contribution in [-0.4, -0.2) is 35.8 Å². The molecule has 6 nitrogen and oxygen atoms in total. The minimum Gasteiger partial charge on any atom is -0.394 e. The first kappa shape index (κ1) is 9.83. The summed E-state index contributed by atoms with van der Waals surface area (Å²) in [5, 5.41) is 13.8. The van der Waals surface area contributed by atoms with E-state index < -0.39 is 6.03 Å². The molecule has 0 saturated carbocycles. The Hall–Kier alpha value is -1.17. The zero-order chi connectivity index (χ0) is 8.69. The number of nitrogens with zero attached hydrogens (tertiary/aromatic N) is 2. The second-order valence-electron chi connectivity index (χ2n) is 1.76. The number of hydrogen-bond acceptors (Lipinski definition) is 4. The van der Waals surface area contributed by atoms with Crippen molar-refractivity contribution in [3.8, 4) is 0 Å². The van der Waals surface area contributed by atoms with Crippen molar-refractivity contribution in [3.05, 3.63) is 4.91 Å². The van der Waals surface area contributed by atoms with Gasteiger partial charge in [-0.3, -0.25) is 0 Å². The van der Waals surface area contributed by atoms with E-state index in [2.05, 4.69) is 10.6 Å². The molecular formula is C5H11N3O3. The quantitative estimate of drug-likeness (QED) is 0.438. The fraction of sp³-hybridized carbons (Fsp3) is 0.800. The lowest BCUT2D eigenvalue weighted by atomic mass is 10.6. The van der Waals surface area contributed by atoms with E-state index in [9.17, 15) is 9.70 Å². The van der Waals surface area contributed by atoms with Crippen LogP contribution in [0.15, 0.2) is 5.29 Å². The fourth-order valence-electron chi connectivity index (χ4n) is 0.517. The number of amides is 2. The molecule has 0 atom stereocenters. The lowest BCUT2D eigenvalue weighted by Gasteiger charge is -2.10. The molecule has 2 amide bonds. The van der Waals surface area contributed by atoms with Gasteiger partial charge in [0.25, 0.3) is 0 Å². The van der Waals surface area contributed by atoms with Crippen LogP contribution in [0, 0.1) is 4.91 Å².